The van der Waals surface area contributed by atoms with Crippen molar-refractivity contribution in [3.63, 3.8) is 0 Å². The van der Waals surface area contributed by atoms with Gasteiger partial charge >= 0.3 is 5.97 Å². The molecule has 4 rings (SSSR count). The Balaban J connectivity index is 1.57. The second kappa shape index (κ2) is 14.8. The summed E-state index contributed by atoms with van der Waals surface area (Å²) < 4.78 is 5.08. The summed E-state index contributed by atoms with van der Waals surface area (Å²) in [6.45, 7) is 5.79. The van der Waals surface area contributed by atoms with Crippen LogP contribution in [0.5, 0.6) is 5.75 Å². The third-order valence-electron chi connectivity index (χ3n) is 7.37. The molecule has 1 saturated carbocycles. The molecule has 0 bridgehead atoms. The van der Waals surface area contributed by atoms with Gasteiger partial charge in [-0.3, -0.25) is 4.79 Å². The van der Waals surface area contributed by atoms with E-state index in [9.17, 15) is 14.7 Å². The van der Waals surface area contributed by atoms with Gasteiger partial charge in [0, 0.05) is 23.3 Å². The average Bonchev–Trinajstić information content (AvgIpc) is 3.43. The highest BCUT2D eigenvalue weighted by Crippen LogP contribution is 2.29. The van der Waals surface area contributed by atoms with Crippen LogP contribution in [0.2, 0.25) is 0 Å². The van der Waals surface area contributed by atoms with Gasteiger partial charge in [-0.05, 0) is 80.5 Å². The van der Waals surface area contributed by atoms with Crippen LogP contribution in [-0.4, -0.2) is 28.6 Å². The number of aromatic nitrogens is 1. The van der Waals surface area contributed by atoms with Gasteiger partial charge in [-0.2, -0.15) is 0 Å². The lowest BCUT2D eigenvalue weighted by atomic mass is 9.88. The topological polar surface area (TPSA) is 88.5 Å². The van der Waals surface area contributed by atoms with Crippen LogP contribution < -0.4 is 5.32 Å². The lowest BCUT2D eigenvalue weighted by molar-refractivity contribution is -0.138. The molecule has 7 heteroatoms. The minimum absolute atomic E-state index is 0.0391. The quantitative estimate of drug-likeness (QED) is 0.143. The monoisotopic (exact) mass is 572 g/mol. The van der Waals surface area contributed by atoms with Crippen LogP contribution in [0.4, 0.5) is 0 Å². The van der Waals surface area contributed by atoms with Gasteiger partial charge in [0.2, 0.25) is 5.91 Å². The van der Waals surface area contributed by atoms with E-state index in [4.69, 9.17) is 9.72 Å². The molecule has 1 heterocycles. The minimum atomic E-state index is -0.328. The number of carbonyl (C=O) groups excluding carboxylic acids is 2. The van der Waals surface area contributed by atoms with Crippen LogP contribution >= 0.6 is 11.3 Å². The number of hydrogen-bond donors (Lipinski definition) is 2. The molecule has 1 aromatic heterocycles. The van der Waals surface area contributed by atoms with Crippen molar-refractivity contribution >= 4 is 29.3 Å². The second-order valence-electron chi connectivity index (χ2n) is 10.8. The fourth-order valence-electron chi connectivity index (χ4n) is 5.26. The summed E-state index contributed by atoms with van der Waals surface area (Å²) in [4.78, 5) is 30.2. The molecule has 2 N–H and O–H groups in total. The largest absolute Gasteiger partial charge is 0.508 e. The molecule has 1 aliphatic carbocycles. The molecule has 0 aliphatic heterocycles. The van der Waals surface area contributed by atoms with Gasteiger partial charge < -0.3 is 15.2 Å². The van der Waals surface area contributed by atoms with Gasteiger partial charge in [0.15, 0.2) is 0 Å². The summed E-state index contributed by atoms with van der Waals surface area (Å²) in [6, 6.07) is 15.5. The standard InChI is InChI=1S/C34H40N2O4S/c1-4-40-34(39)24(3)17-23(2)18-29-22-41-33(35-29)30(36-32(38)27-13-9-6-10-14-27)21-26-15-16-31(37)28(20-26)19-25-11-7-5-8-12-25/h5,7-8,11-12,15-18,20,22,27,30,37H,4,6,9-10,13-14,19,21H2,1-3H3,(H,36,38)/b23-18+,24-17-/t30-/m0/s1. The fourth-order valence-corrected chi connectivity index (χ4v) is 6.09. The number of nitrogens with one attached hydrogen (secondary N) is 1. The minimum Gasteiger partial charge on any atom is -0.508 e. The number of nitrogens with zero attached hydrogens (tertiary/aromatic N) is 1. The number of hydrogen-bond acceptors (Lipinski definition) is 6. The van der Waals surface area contributed by atoms with Gasteiger partial charge in [-0.1, -0.05) is 61.7 Å². The maximum Gasteiger partial charge on any atom is 0.333 e. The number of aromatic hydroxyl groups is 1. The maximum absolute atomic E-state index is 13.3. The number of phenolic OH excluding ortho intramolecular Hbond substituents is 1. The van der Waals surface area contributed by atoms with Crippen molar-refractivity contribution in [2.75, 3.05) is 6.61 Å². The van der Waals surface area contributed by atoms with Gasteiger partial charge in [-0.15, -0.1) is 11.3 Å². The molecule has 216 valence electrons. The summed E-state index contributed by atoms with van der Waals surface area (Å²) in [5.74, 6) is 0.0701. The summed E-state index contributed by atoms with van der Waals surface area (Å²) in [5, 5.41) is 16.7. The lowest BCUT2D eigenvalue weighted by Gasteiger charge is -2.24. The Morgan fingerprint density at radius 2 is 1.85 bits per heavy atom. The first-order valence-corrected chi connectivity index (χ1v) is 15.3. The first kappa shape index (κ1) is 30.3. The number of ether oxygens (including phenoxy) is 1. The molecule has 1 atom stereocenters. The molecule has 41 heavy (non-hydrogen) atoms. The van der Waals surface area contributed by atoms with Crippen molar-refractivity contribution in [1.29, 1.82) is 0 Å². The molecule has 1 aliphatic rings. The zero-order chi connectivity index (χ0) is 29.2. The normalized spacial score (nSPS) is 15.4. The van der Waals surface area contributed by atoms with Crippen LogP contribution in [0.15, 0.2) is 71.1 Å². The smallest absolute Gasteiger partial charge is 0.333 e. The predicted octanol–water partition coefficient (Wildman–Crippen LogP) is 7.33. The van der Waals surface area contributed by atoms with Crippen LogP contribution in [0.25, 0.3) is 6.08 Å². The molecule has 2 aromatic carbocycles. The Morgan fingerprint density at radius 1 is 1.10 bits per heavy atom. The molecule has 1 fully saturated rings. The van der Waals surface area contributed by atoms with Crippen LogP contribution in [0.1, 0.15) is 86.3 Å². The molecule has 6 nitrogen and oxygen atoms in total. The highest BCUT2D eigenvalue weighted by atomic mass is 32.1. The number of esters is 1. The average molecular weight is 573 g/mol. The molecule has 0 unspecified atom stereocenters. The zero-order valence-electron chi connectivity index (χ0n) is 24.2. The number of rotatable bonds is 11. The summed E-state index contributed by atoms with van der Waals surface area (Å²) >= 11 is 1.52. The van der Waals surface area contributed by atoms with Crippen molar-refractivity contribution < 1.29 is 19.4 Å². The van der Waals surface area contributed by atoms with E-state index < -0.39 is 0 Å². The second-order valence-corrected chi connectivity index (χ2v) is 11.7. The van der Waals surface area contributed by atoms with Crippen molar-refractivity contribution in [2.45, 2.75) is 71.8 Å². The van der Waals surface area contributed by atoms with Gasteiger partial charge in [0.1, 0.15) is 10.8 Å². The Bertz CT molecular complexity index is 1390. The van der Waals surface area contributed by atoms with E-state index in [1.165, 1.54) is 17.8 Å². The number of amides is 1. The first-order valence-electron chi connectivity index (χ1n) is 14.5. The Kier molecular flexibility index (Phi) is 10.9. The predicted molar refractivity (Wildman–Crippen MR) is 165 cm³/mol. The number of carbonyl (C=O) groups is 2. The maximum atomic E-state index is 13.3. The van der Waals surface area contributed by atoms with E-state index in [1.807, 2.05) is 48.7 Å². The third-order valence-corrected chi connectivity index (χ3v) is 8.35. The first-order chi connectivity index (χ1) is 19.8. The highest BCUT2D eigenvalue weighted by molar-refractivity contribution is 7.09. The van der Waals surface area contributed by atoms with E-state index in [1.54, 1.807) is 26.0 Å². The number of allylic oxidation sites excluding steroid dienone is 2. The van der Waals surface area contributed by atoms with Crippen molar-refractivity contribution in [3.8, 4) is 5.75 Å². The van der Waals surface area contributed by atoms with Crippen LogP contribution in [0.3, 0.4) is 0 Å². The van der Waals surface area contributed by atoms with Crippen LogP contribution in [-0.2, 0) is 27.2 Å². The van der Waals surface area contributed by atoms with Crippen molar-refractivity contribution in [3.05, 3.63) is 98.5 Å². The Morgan fingerprint density at radius 3 is 2.59 bits per heavy atom. The fraction of sp³-hybridized carbons (Fsp3) is 0.382. The third kappa shape index (κ3) is 8.89. The van der Waals surface area contributed by atoms with Crippen LogP contribution in [0, 0.1) is 5.92 Å². The highest BCUT2D eigenvalue weighted by Gasteiger charge is 2.26. The molecule has 3 aromatic rings. The van der Waals surface area contributed by atoms with E-state index >= 15 is 0 Å². The van der Waals surface area contributed by atoms with E-state index in [2.05, 4.69) is 17.4 Å². The number of benzene rings is 2. The van der Waals surface area contributed by atoms with E-state index in [0.29, 0.717) is 25.0 Å². The van der Waals surface area contributed by atoms with Crippen molar-refractivity contribution in [2.24, 2.45) is 5.92 Å². The number of thiazole rings is 1. The van der Waals surface area contributed by atoms with Gasteiger partial charge in [0.25, 0.3) is 0 Å². The van der Waals surface area contributed by atoms with Gasteiger partial charge in [0.05, 0.1) is 18.3 Å². The molecule has 1 amide bonds. The molecular formula is C34H40N2O4S. The van der Waals surface area contributed by atoms with E-state index in [0.717, 1.165) is 58.6 Å². The summed E-state index contributed by atoms with van der Waals surface area (Å²) in [7, 11) is 0. The molecule has 0 spiro atoms. The zero-order valence-corrected chi connectivity index (χ0v) is 25.0. The van der Waals surface area contributed by atoms with Gasteiger partial charge in [-0.25, -0.2) is 9.78 Å². The molecular weight excluding hydrogens is 532 g/mol. The SMILES string of the molecule is CCOC(=O)/C(C)=C\C(C)=C\c1csc([C@H](Cc2ccc(O)c(Cc3ccccc3)c2)NC(=O)C2CCCCC2)n1. The summed E-state index contributed by atoms with van der Waals surface area (Å²) in [5.41, 5.74) is 5.21. The Labute approximate surface area is 247 Å². The summed E-state index contributed by atoms with van der Waals surface area (Å²) in [6.07, 6.45) is 10.2. The number of phenols is 1. The van der Waals surface area contributed by atoms with E-state index in [-0.39, 0.29) is 29.6 Å². The lowest BCUT2D eigenvalue weighted by Crippen LogP contribution is -2.35. The molecule has 0 saturated heterocycles. The molecule has 0 radical (unpaired) electrons. The Hall–Kier alpha value is -3.71. The van der Waals surface area contributed by atoms with Crippen molar-refractivity contribution in [1.82, 2.24) is 10.3 Å².